The van der Waals surface area contributed by atoms with Gasteiger partial charge in [0.2, 0.25) is 16.4 Å². The molecule has 16 heavy (non-hydrogen) atoms. The Labute approximate surface area is 99.4 Å². The van der Waals surface area contributed by atoms with Gasteiger partial charge in [0.15, 0.2) is 0 Å². The molecule has 2 fully saturated rings. The van der Waals surface area contributed by atoms with Crippen LogP contribution in [0.3, 0.4) is 0 Å². The normalized spacial score (nSPS) is 35.7. The molecule has 4 nitrogen and oxygen atoms in total. The summed E-state index contributed by atoms with van der Waals surface area (Å²) in [6, 6.07) is 0. The SMILES string of the molecule is CC1(S(=O)(=O)N[C@]2(N)C[C@H]2C(F)F)CC1.Cl. The minimum absolute atomic E-state index is 0. The number of halogens is 3. The van der Waals surface area contributed by atoms with Crippen LogP contribution < -0.4 is 10.5 Å². The van der Waals surface area contributed by atoms with Gasteiger partial charge in [0, 0.05) is 0 Å². The molecule has 0 aliphatic heterocycles. The molecule has 0 amide bonds. The third kappa shape index (κ3) is 2.18. The van der Waals surface area contributed by atoms with E-state index in [0.29, 0.717) is 12.8 Å². The van der Waals surface area contributed by atoms with Crippen molar-refractivity contribution in [2.75, 3.05) is 0 Å². The molecule has 0 heterocycles. The average molecular weight is 277 g/mol. The smallest absolute Gasteiger partial charge is 0.244 e. The molecule has 0 aromatic carbocycles. The number of hydrogen-bond donors (Lipinski definition) is 2. The molecule has 2 atom stereocenters. The first-order chi connectivity index (χ1) is 6.70. The first-order valence-corrected chi connectivity index (χ1v) is 6.29. The van der Waals surface area contributed by atoms with Crippen molar-refractivity contribution in [2.24, 2.45) is 11.7 Å². The molecule has 0 bridgehead atoms. The molecule has 2 aliphatic rings. The minimum atomic E-state index is -3.56. The Morgan fingerprint density at radius 2 is 1.94 bits per heavy atom. The molecule has 8 heteroatoms. The first-order valence-electron chi connectivity index (χ1n) is 4.81. The quantitative estimate of drug-likeness (QED) is 0.747. The number of hydrogen-bond acceptors (Lipinski definition) is 3. The van der Waals surface area contributed by atoms with Crippen molar-refractivity contribution in [2.45, 2.75) is 43.0 Å². The van der Waals surface area contributed by atoms with E-state index in [0.717, 1.165) is 0 Å². The lowest BCUT2D eigenvalue weighted by Crippen LogP contribution is -2.50. The third-order valence-corrected chi connectivity index (χ3v) is 5.65. The van der Waals surface area contributed by atoms with E-state index in [1.54, 1.807) is 6.92 Å². The summed E-state index contributed by atoms with van der Waals surface area (Å²) in [6.45, 7) is 1.60. The van der Waals surface area contributed by atoms with Crippen molar-refractivity contribution in [1.82, 2.24) is 4.72 Å². The van der Waals surface area contributed by atoms with Gasteiger partial charge in [-0.15, -0.1) is 12.4 Å². The predicted molar refractivity (Wildman–Crippen MR) is 58.0 cm³/mol. The molecular formula is C8H15ClF2N2O2S. The van der Waals surface area contributed by atoms with Gasteiger partial charge in [0.25, 0.3) is 0 Å². The average Bonchev–Trinajstić information content (AvgIpc) is 2.90. The van der Waals surface area contributed by atoms with Gasteiger partial charge >= 0.3 is 0 Å². The van der Waals surface area contributed by atoms with Crippen LogP contribution in [0.5, 0.6) is 0 Å². The second-order valence-electron chi connectivity index (χ2n) is 4.74. The lowest BCUT2D eigenvalue weighted by molar-refractivity contribution is 0.112. The van der Waals surface area contributed by atoms with Gasteiger partial charge < -0.3 is 5.73 Å². The van der Waals surface area contributed by atoms with E-state index in [4.69, 9.17) is 5.73 Å². The number of nitrogens with one attached hydrogen (secondary N) is 1. The van der Waals surface area contributed by atoms with Crippen molar-refractivity contribution < 1.29 is 17.2 Å². The van der Waals surface area contributed by atoms with E-state index in [1.165, 1.54) is 0 Å². The summed E-state index contributed by atoms with van der Waals surface area (Å²) < 4.78 is 49.4. The predicted octanol–water partition coefficient (Wildman–Crippen LogP) is 0.820. The second-order valence-corrected chi connectivity index (χ2v) is 6.94. The molecular weight excluding hydrogens is 262 g/mol. The van der Waals surface area contributed by atoms with E-state index >= 15 is 0 Å². The summed E-state index contributed by atoms with van der Waals surface area (Å²) in [6.07, 6.45) is -1.42. The Kier molecular flexibility index (Phi) is 3.31. The lowest BCUT2D eigenvalue weighted by atomic mass is 10.4. The number of nitrogens with two attached hydrogens (primary N) is 1. The van der Waals surface area contributed by atoms with Gasteiger partial charge in [0.1, 0.15) is 0 Å². The zero-order valence-electron chi connectivity index (χ0n) is 8.74. The van der Waals surface area contributed by atoms with Crippen LogP contribution in [0.15, 0.2) is 0 Å². The maximum atomic E-state index is 12.3. The third-order valence-electron chi connectivity index (χ3n) is 3.29. The molecule has 0 radical (unpaired) electrons. The van der Waals surface area contributed by atoms with Gasteiger partial charge in [-0.25, -0.2) is 17.2 Å². The summed E-state index contributed by atoms with van der Waals surface area (Å²) in [5.41, 5.74) is 4.11. The highest BCUT2D eigenvalue weighted by molar-refractivity contribution is 7.91. The van der Waals surface area contributed by atoms with Crippen LogP contribution in [0.25, 0.3) is 0 Å². The number of rotatable bonds is 4. The summed E-state index contributed by atoms with van der Waals surface area (Å²) in [4.78, 5) is 0. The zero-order valence-corrected chi connectivity index (χ0v) is 10.4. The Morgan fingerprint density at radius 1 is 1.44 bits per heavy atom. The second kappa shape index (κ2) is 3.76. The number of alkyl halides is 2. The van der Waals surface area contributed by atoms with Gasteiger partial charge in [-0.1, -0.05) is 0 Å². The van der Waals surface area contributed by atoms with Crippen LogP contribution in [0.2, 0.25) is 0 Å². The fraction of sp³-hybridized carbons (Fsp3) is 1.00. The van der Waals surface area contributed by atoms with Crippen LogP contribution >= 0.6 is 12.4 Å². The summed E-state index contributed by atoms with van der Waals surface area (Å²) in [7, 11) is -3.56. The van der Waals surface area contributed by atoms with Crippen LogP contribution in [0, 0.1) is 5.92 Å². The topological polar surface area (TPSA) is 72.2 Å². The van der Waals surface area contributed by atoms with Crippen LogP contribution in [0.4, 0.5) is 8.78 Å². The standard InChI is InChI=1S/C8H14F2N2O2S.ClH/c1-7(2-3-7)15(13,14)12-8(11)4-5(8)6(9)10;/h5-6,12H,2-4,11H2,1H3;1H/t5-,8+;/m0./s1. The Balaban J connectivity index is 0.00000128. The molecule has 0 unspecified atom stereocenters. The molecule has 96 valence electrons. The van der Waals surface area contributed by atoms with E-state index in [1.807, 2.05) is 0 Å². The minimum Gasteiger partial charge on any atom is -0.312 e. The first kappa shape index (κ1) is 14.1. The van der Waals surface area contributed by atoms with Crippen molar-refractivity contribution in [1.29, 1.82) is 0 Å². The van der Waals surface area contributed by atoms with Gasteiger partial charge in [0.05, 0.1) is 16.3 Å². The van der Waals surface area contributed by atoms with E-state index in [-0.39, 0.29) is 18.8 Å². The summed E-state index contributed by atoms with van der Waals surface area (Å²) >= 11 is 0. The highest BCUT2D eigenvalue weighted by atomic mass is 35.5. The van der Waals surface area contributed by atoms with Crippen LogP contribution in [0.1, 0.15) is 26.2 Å². The number of sulfonamides is 1. The molecule has 2 aliphatic carbocycles. The van der Waals surface area contributed by atoms with E-state index in [9.17, 15) is 17.2 Å². The Hall–Kier alpha value is 0.0200. The highest BCUT2D eigenvalue weighted by Gasteiger charge is 2.61. The molecule has 0 spiro atoms. The van der Waals surface area contributed by atoms with E-state index < -0.39 is 32.8 Å². The molecule has 0 aromatic heterocycles. The molecule has 2 saturated carbocycles. The fourth-order valence-corrected chi connectivity index (χ4v) is 3.18. The molecule has 0 saturated heterocycles. The zero-order chi connectivity index (χ0) is 11.5. The maximum Gasteiger partial charge on any atom is 0.244 e. The highest BCUT2D eigenvalue weighted by Crippen LogP contribution is 2.48. The summed E-state index contributed by atoms with van der Waals surface area (Å²) in [5.74, 6) is -1.05. The van der Waals surface area contributed by atoms with E-state index in [2.05, 4.69) is 4.72 Å². The van der Waals surface area contributed by atoms with Gasteiger partial charge in [-0.05, 0) is 26.2 Å². The monoisotopic (exact) mass is 276 g/mol. The van der Waals surface area contributed by atoms with Crippen molar-refractivity contribution in [3.05, 3.63) is 0 Å². The van der Waals surface area contributed by atoms with Crippen LogP contribution in [-0.2, 0) is 10.0 Å². The lowest BCUT2D eigenvalue weighted by Gasteiger charge is -2.18. The molecule has 2 rings (SSSR count). The largest absolute Gasteiger partial charge is 0.312 e. The Morgan fingerprint density at radius 3 is 2.25 bits per heavy atom. The summed E-state index contributed by atoms with van der Waals surface area (Å²) in [5, 5.41) is 0. The Bertz CT molecular complexity index is 385. The van der Waals surface area contributed by atoms with Crippen LogP contribution in [-0.4, -0.2) is 25.3 Å². The van der Waals surface area contributed by atoms with Gasteiger partial charge in [-0.3, -0.25) is 0 Å². The van der Waals surface area contributed by atoms with Crippen molar-refractivity contribution >= 4 is 22.4 Å². The maximum absolute atomic E-state index is 12.3. The van der Waals surface area contributed by atoms with Crippen molar-refractivity contribution in [3.8, 4) is 0 Å². The fourth-order valence-electron chi connectivity index (χ4n) is 1.55. The van der Waals surface area contributed by atoms with Gasteiger partial charge in [-0.2, -0.15) is 4.72 Å². The van der Waals surface area contributed by atoms with Crippen molar-refractivity contribution in [3.63, 3.8) is 0 Å². The molecule has 3 N–H and O–H groups in total. The molecule has 0 aromatic rings.